The van der Waals surface area contributed by atoms with Gasteiger partial charge in [-0.3, -0.25) is 0 Å². The SMILES string of the molecule is [CH]1C[C@@H]2CNC[C@@H]2C1. The molecule has 1 saturated carbocycles. The molecular weight excluding hydrogens is 98.1 g/mol. The second kappa shape index (κ2) is 1.73. The molecule has 1 heterocycles. The average Bonchev–Trinajstić information content (AvgIpc) is 2.15. The van der Waals surface area contributed by atoms with Gasteiger partial charge in [-0.05, 0) is 44.2 Å². The number of nitrogens with one attached hydrogen (secondary N) is 1. The highest BCUT2D eigenvalue weighted by Gasteiger charge is 2.30. The van der Waals surface area contributed by atoms with E-state index in [1.807, 2.05) is 0 Å². The van der Waals surface area contributed by atoms with Crippen LogP contribution in [0.4, 0.5) is 0 Å². The third-order valence-corrected chi connectivity index (χ3v) is 2.42. The summed E-state index contributed by atoms with van der Waals surface area (Å²) in [7, 11) is 0. The van der Waals surface area contributed by atoms with Crippen molar-refractivity contribution in [3.05, 3.63) is 6.42 Å². The fraction of sp³-hybridized carbons (Fsp3) is 0.857. The summed E-state index contributed by atoms with van der Waals surface area (Å²) in [6.45, 7) is 2.56. The van der Waals surface area contributed by atoms with Crippen LogP contribution in [0.5, 0.6) is 0 Å². The maximum absolute atomic E-state index is 3.40. The zero-order valence-corrected chi connectivity index (χ0v) is 5.06. The van der Waals surface area contributed by atoms with E-state index in [0.29, 0.717) is 0 Å². The number of hydrogen-bond donors (Lipinski definition) is 1. The molecule has 8 heavy (non-hydrogen) atoms. The quantitative estimate of drug-likeness (QED) is 0.487. The van der Waals surface area contributed by atoms with E-state index < -0.39 is 0 Å². The Hall–Kier alpha value is -0.0400. The molecule has 1 radical (unpaired) electrons. The molecular formula is C7H12N. The van der Waals surface area contributed by atoms with Crippen molar-refractivity contribution in [2.24, 2.45) is 11.8 Å². The molecule has 1 aliphatic heterocycles. The lowest BCUT2D eigenvalue weighted by Gasteiger charge is -2.02. The van der Waals surface area contributed by atoms with Crippen LogP contribution in [0, 0.1) is 18.3 Å². The second-order valence-electron chi connectivity index (χ2n) is 2.94. The van der Waals surface area contributed by atoms with Crippen molar-refractivity contribution in [1.82, 2.24) is 5.32 Å². The first-order valence-corrected chi connectivity index (χ1v) is 3.49. The Balaban J connectivity index is 2.04. The largest absolute Gasteiger partial charge is 0.316 e. The average molecular weight is 110 g/mol. The Labute approximate surface area is 50.5 Å². The Kier molecular flexibility index (Phi) is 1.04. The first-order valence-electron chi connectivity index (χ1n) is 3.49. The van der Waals surface area contributed by atoms with E-state index in [1.165, 1.54) is 25.9 Å². The van der Waals surface area contributed by atoms with Crippen LogP contribution in [-0.2, 0) is 0 Å². The molecule has 2 fully saturated rings. The van der Waals surface area contributed by atoms with E-state index in [4.69, 9.17) is 0 Å². The first kappa shape index (κ1) is 4.80. The lowest BCUT2D eigenvalue weighted by atomic mass is 10.0. The van der Waals surface area contributed by atoms with E-state index >= 15 is 0 Å². The van der Waals surface area contributed by atoms with Gasteiger partial charge in [0.25, 0.3) is 0 Å². The molecule has 0 aromatic rings. The molecule has 0 unspecified atom stereocenters. The maximum atomic E-state index is 3.40. The Morgan fingerprint density at radius 3 is 2.38 bits per heavy atom. The molecule has 0 bridgehead atoms. The van der Waals surface area contributed by atoms with Crippen LogP contribution >= 0.6 is 0 Å². The van der Waals surface area contributed by atoms with Crippen molar-refractivity contribution in [2.75, 3.05) is 13.1 Å². The first-order chi connectivity index (χ1) is 3.97. The van der Waals surface area contributed by atoms with Gasteiger partial charge >= 0.3 is 0 Å². The van der Waals surface area contributed by atoms with Crippen LogP contribution in [0.3, 0.4) is 0 Å². The predicted molar refractivity (Wildman–Crippen MR) is 33.4 cm³/mol. The molecule has 2 rings (SSSR count). The molecule has 1 heteroatoms. The van der Waals surface area contributed by atoms with Crippen molar-refractivity contribution < 1.29 is 0 Å². The zero-order chi connectivity index (χ0) is 5.40. The molecule has 1 nitrogen and oxygen atoms in total. The van der Waals surface area contributed by atoms with Crippen molar-refractivity contribution in [3.63, 3.8) is 0 Å². The van der Waals surface area contributed by atoms with E-state index in [0.717, 1.165) is 11.8 Å². The summed E-state index contributed by atoms with van der Waals surface area (Å²) < 4.78 is 0. The Morgan fingerprint density at radius 1 is 1.12 bits per heavy atom. The van der Waals surface area contributed by atoms with Crippen molar-refractivity contribution in [1.29, 1.82) is 0 Å². The van der Waals surface area contributed by atoms with E-state index in [9.17, 15) is 0 Å². The van der Waals surface area contributed by atoms with Crippen LogP contribution in [0.2, 0.25) is 0 Å². The van der Waals surface area contributed by atoms with Gasteiger partial charge < -0.3 is 5.32 Å². The minimum absolute atomic E-state index is 1.01. The Morgan fingerprint density at radius 2 is 1.75 bits per heavy atom. The molecule has 0 aromatic heterocycles. The van der Waals surface area contributed by atoms with Gasteiger partial charge in [0.1, 0.15) is 0 Å². The second-order valence-corrected chi connectivity index (χ2v) is 2.94. The van der Waals surface area contributed by atoms with Gasteiger partial charge in [-0.2, -0.15) is 0 Å². The third-order valence-electron chi connectivity index (χ3n) is 2.42. The number of rotatable bonds is 0. The molecule has 2 aliphatic rings. The fourth-order valence-electron chi connectivity index (χ4n) is 1.86. The molecule has 1 aliphatic carbocycles. The molecule has 1 N–H and O–H groups in total. The summed E-state index contributed by atoms with van der Waals surface area (Å²) in [6, 6.07) is 0. The van der Waals surface area contributed by atoms with Crippen LogP contribution in [0.1, 0.15) is 12.8 Å². The Bertz CT molecular complexity index is 70.4. The molecule has 0 spiro atoms. The minimum Gasteiger partial charge on any atom is -0.316 e. The molecule has 45 valence electrons. The molecule has 2 atom stereocenters. The lowest BCUT2D eigenvalue weighted by Crippen LogP contribution is -2.09. The topological polar surface area (TPSA) is 12.0 Å². The monoisotopic (exact) mass is 110 g/mol. The highest BCUT2D eigenvalue weighted by Crippen LogP contribution is 2.32. The van der Waals surface area contributed by atoms with Gasteiger partial charge in [0, 0.05) is 0 Å². The number of hydrogen-bond acceptors (Lipinski definition) is 1. The van der Waals surface area contributed by atoms with E-state index in [2.05, 4.69) is 11.7 Å². The third kappa shape index (κ3) is 0.576. The number of fused-ring (bicyclic) bond motifs is 1. The van der Waals surface area contributed by atoms with E-state index in [-0.39, 0.29) is 0 Å². The lowest BCUT2D eigenvalue weighted by molar-refractivity contribution is 0.494. The van der Waals surface area contributed by atoms with Gasteiger partial charge in [-0.15, -0.1) is 0 Å². The van der Waals surface area contributed by atoms with Crippen molar-refractivity contribution in [3.8, 4) is 0 Å². The summed E-state index contributed by atoms with van der Waals surface area (Å²) in [5, 5.41) is 3.40. The van der Waals surface area contributed by atoms with E-state index in [1.54, 1.807) is 0 Å². The van der Waals surface area contributed by atoms with Crippen LogP contribution in [0.15, 0.2) is 0 Å². The maximum Gasteiger partial charge on any atom is -0.00172 e. The zero-order valence-electron chi connectivity index (χ0n) is 5.06. The standard InChI is InChI=1S/C7H12N/c1-2-6-4-8-5-7(6)3-1/h1,6-8H,2-5H2/t6-,7+. The smallest absolute Gasteiger partial charge is 0.00172 e. The van der Waals surface area contributed by atoms with Crippen molar-refractivity contribution >= 4 is 0 Å². The molecule has 1 saturated heterocycles. The summed E-state index contributed by atoms with van der Waals surface area (Å²) in [5.74, 6) is 2.02. The van der Waals surface area contributed by atoms with Crippen molar-refractivity contribution in [2.45, 2.75) is 12.8 Å². The molecule has 0 amide bonds. The summed E-state index contributed by atoms with van der Waals surface area (Å²) in [6.07, 6.45) is 5.19. The minimum atomic E-state index is 1.01. The normalized spacial score (nSPS) is 45.0. The predicted octanol–water partition coefficient (Wildman–Crippen LogP) is 0.820. The van der Waals surface area contributed by atoms with Crippen LogP contribution < -0.4 is 5.32 Å². The summed E-state index contributed by atoms with van der Waals surface area (Å²) in [5.41, 5.74) is 0. The highest BCUT2D eigenvalue weighted by molar-refractivity contribution is 4.93. The van der Waals surface area contributed by atoms with Gasteiger partial charge in [-0.1, -0.05) is 0 Å². The molecule has 0 aromatic carbocycles. The van der Waals surface area contributed by atoms with Gasteiger partial charge in [-0.25, -0.2) is 0 Å². The van der Waals surface area contributed by atoms with Crippen LogP contribution in [-0.4, -0.2) is 13.1 Å². The highest BCUT2D eigenvalue weighted by atomic mass is 14.9. The van der Waals surface area contributed by atoms with Gasteiger partial charge in [0.05, 0.1) is 0 Å². The summed E-state index contributed by atoms with van der Waals surface area (Å²) >= 11 is 0. The van der Waals surface area contributed by atoms with Gasteiger partial charge in [0.15, 0.2) is 0 Å². The fourth-order valence-corrected chi connectivity index (χ4v) is 1.86. The summed E-state index contributed by atoms with van der Waals surface area (Å²) in [4.78, 5) is 0. The van der Waals surface area contributed by atoms with Crippen LogP contribution in [0.25, 0.3) is 0 Å². The van der Waals surface area contributed by atoms with Gasteiger partial charge in [0.2, 0.25) is 0 Å².